The molecule has 0 aromatic heterocycles. The van der Waals surface area contributed by atoms with E-state index in [2.05, 4.69) is 0 Å². The van der Waals surface area contributed by atoms with E-state index in [4.69, 9.17) is 9.47 Å². The molecule has 4 rings (SSSR count). The topological polar surface area (TPSA) is 59.1 Å². The van der Waals surface area contributed by atoms with Gasteiger partial charge in [0.2, 0.25) is 5.60 Å². The Kier molecular flexibility index (Phi) is 9.60. The summed E-state index contributed by atoms with van der Waals surface area (Å²) in [4.78, 5) is 28.9. The number of para-hydroxylation sites is 1. The van der Waals surface area contributed by atoms with E-state index >= 15 is 0 Å². The van der Waals surface area contributed by atoms with Crippen molar-refractivity contribution in [1.29, 1.82) is 0 Å². The predicted octanol–water partition coefficient (Wildman–Crippen LogP) is 6.99. The fraction of sp³-hybridized carbons (Fsp3) is 0.333. The average molecular weight is 581 g/mol. The molecule has 1 fully saturated rings. The molecule has 0 radical (unpaired) electrons. The summed E-state index contributed by atoms with van der Waals surface area (Å²) in [5, 5.41) is 0. The van der Waals surface area contributed by atoms with Crippen LogP contribution >= 0.6 is 0 Å². The molecule has 0 bridgehead atoms. The zero-order valence-corrected chi connectivity index (χ0v) is 23.9. The summed E-state index contributed by atoms with van der Waals surface area (Å²) in [7, 11) is 1.74. The molecule has 0 unspecified atom stereocenters. The summed E-state index contributed by atoms with van der Waals surface area (Å²) in [6, 6.07) is 21.7. The van der Waals surface area contributed by atoms with Gasteiger partial charge >= 0.3 is 18.2 Å². The standard InChI is InChI=1S/C33H35F3N2O4/c1-4-41-30(39)32(2,42-29-11-6-5-7-12-29)21-25-15-13-24(14-16-25)9-8-10-28-23-38(31(40)37(28)3)22-26-17-19-27(20-18-26)33(34,35)36/h5-9,11-20,28H,4,10,21-23H2,1-3H3/t28-,32-/m0/s1. The van der Waals surface area contributed by atoms with Crippen molar-refractivity contribution < 1.29 is 32.2 Å². The highest BCUT2D eigenvalue weighted by Gasteiger charge is 2.38. The Morgan fingerprint density at radius 2 is 1.62 bits per heavy atom. The lowest BCUT2D eigenvalue weighted by Gasteiger charge is -2.28. The van der Waals surface area contributed by atoms with E-state index in [1.807, 2.05) is 54.6 Å². The number of ether oxygens (including phenoxy) is 2. The van der Waals surface area contributed by atoms with Crippen molar-refractivity contribution in [3.05, 3.63) is 107 Å². The first-order valence-corrected chi connectivity index (χ1v) is 13.8. The van der Waals surface area contributed by atoms with E-state index in [0.29, 0.717) is 30.7 Å². The molecule has 222 valence electrons. The summed E-state index contributed by atoms with van der Waals surface area (Å²) in [5.41, 5.74) is 0.628. The van der Waals surface area contributed by atoms with Crippen LogP contribution in [0.25, 0.3) is 6.08 Å². The highest BCUT2D eigenvalue weighted by atomic mass is 19.4. The Bertz CT molecular complexity index is 1380. The van der Waals surface area contributed by atoms with Gasteiger partial charge in [0.05, 0.1) is 18.2 Å². The highest BCUT2D eigenvalue weighted by molar-refractivity contribution is 5.80. The lowest BCUT2D eigenvalue weighted by molar-refractivity contribution is -0.160. The number of amides is 2. The Labute approximate surface area is 244 Å². The maximum absolute atomic E-state index is 12.8. The Hall–Kier alpha value is -4.27. The van der Waals surface area contributed by atoms with Crippen molar-refractivity contribution in [3.8, 4) is 5.75 Å². The number of hydrogen-bond donors (Lipinski definition) is 0. The van der Waals surface area contributed by atoms with Crippen LogP contribution in [0.5, 0.6) is 5.75 Å². The van der Waals surface area contributed by atoms with Gasteiger partial charge in [0, 0.05) is 26.6 Å². The molecule has 1 aliphatic heterocycles. The van der Waals surface area contributed by atoms with Gasteiger partial charge in [0.25, 0.3) is 0 Å². The molecule has 0 spiro atoms. The second-order valence-electron chi connectivity index (χ2n) is 10.5. The van der Waals surface area contributed by atoms with E-state index in [1.54, 1.807) is 42.8 Å². The quantitative estimate of drug-likeness (QED) is 0.230. The largest absolute Gasteiger partial charge is 0.476 e. The number of rotatable bonds is 11. The molecule has 3 aromatic rings. The van der Waals surface area contributed by atoms with Crippen molar-refractivity contribution in [1.82, 2.24) is 9.80 Å². The summed E-state index contributed by atoms with van der Waals surface area (Å²) in [6.45, 7) is 4.48. The van der Waals surface area contributed by atoms with E-state index in [1.165, 1.54) is 12.1 Å². The number of esters is 1. The fourth-order valence-electron chi connectivity index (χ4n) is 4.90. The number of urea groups is 1. The van der Waals surface area contributed by atoms with Crippen LogP contribution in [-0.2, 0) is 28.7 Å². The number of carbonyl (C=O) groups is 2. The van der Waals surface area contributed by atoms with Gasteiger partial charge < -0.3 is 19.3 Å². The Morgan fingerprint density at radius 3 is 2.24 bits per heavy atom. The number of benzene rings is 3. The molecular weight excluding hydrogens is 545 g/mol. The summed E-state index contributed by atoms with van der Waals surface area (Å²) in [6.07, 6.45) is 0.547. The molecule has 6 nitrogen and oxygen atoms in total. The van der Waals surface area contributed by atoms with Crippen molar-refractivity contribution >= 4 is 18.1 Å². The molecule has 0 saturated carbocycles. The van der Waals surface area contributed by atoms with Gasteiger partial charge in [0.15, 0.2) is 0 Å². The zero-order chi connectivity index (χ0) is 30.3. The summed E-state index contributed by atoms with van der Waals surface area (Å²) < 4.78 is 49.9. The Balaban J connectivity index is 1.34. The number of alkyl halides is 3. The van der Waals surface area contributed by atoms with Crippen LogP contribution in [0.3, 0.4) is 0 Å². The van der Waals surface area contributed by atoms with E-state index in [0.717, 1.165) is 23.3 Å². The van der Waals surface area contributed by atoms with Crippen LogP contribution in [0.4, 0.5) is 18.0 Å². The smallest absolute Gasteiger partial charge is 0.416 e. The molecule has 1 aliphatic rings. The van der Waals surface area contributed by atoms with Crippen LogP contribution in [0.2, 0.25) is 0 Å². The van der Waals surface area contributed by atoms with Crippen LogP contribution in [-0.4, -0.2) is 53.6 Å². The van der Waals surface area contributed by atoms with Crippen molar-refractivity contribution in [3.63, 3.8) is 0 Å². The van der Waals surface area contributed by atoms with Gasteiger partial charge in [-0.3, -0.25) is 0 Å². The first-order chi connectivity index (χ1) is 20.0. The van der Waals surface area contributed by atoms with Crippen molar-refractivity contribution in [2.75, 3.05) is 20.2 Å². The molecule has 2 atom stereocenters. The van der Waals surface area contributed by atoms with Crippen molar-refractivity contribution in [2.24, 2.45) is 0 Å². The van der Waals surface area contributed by atoms with Crippen LogP contribution < -0.4 is 4.74 Å². The van der Waals surface area contributed by atoms with Crippen molar-refractivity contribution in [2.45, 2.75) is 51.1 Å². The second-order valence-corrected chi connectivity index (χ2v) is 10.5. The van der Waals surface area contributed by atoms with Crippen LogP contribution in [0, 0.1) is 0 Å². The fourth-order valence-corrected chi connectivity index (χ4v) is 4.90. The maximum atomic E-state index is 12.8. The summed E-state index contributed by atoms with van der Waals surface area (Å²) >= 11 is 0. The van der Waals surface area contributed by atoms with Gasteiger partial charge in [-0.05, 0) is 61.2 Å². The number of nitrogens with zero attached hydrogens (tertiary/aromatic N) is 2. The molecule has 0 N–H and O–H groups in total. The first kappa shape index (κ1) is 30.7. The van der Waals surface area contributed by atoms with Crippen LogP contribution in [0.1, 0.15) is 42.5 Å². The van der Waals surface area contributed by atoms with E-state index in [9.17, 15) is 22.8 Å². The molecule has 1 heterocycles. The zero-order valence-electron chi connectivity index (χ0n) is 23.9. The number of hydrogen-bond acceptors (Lipinski definition) is 4. The van der Waals surface area contributed by atoms with Gasteiger partial charge in [-0.2, -0.15) is 13.2 Å². The predicted molar refractivity (Wildman–Crippen MR) is 155 cm³/mol. The molecule has 9 heteroatoms. The minimum absolute atomic E-state index is 0.0529. The van der Waals surface area contributed by atoms with Gasteiger partial charge in [-0.1, -0.05) is 66.7 Å². The molecule has 1 saturated heterocycles. The number of likely N-dealkylation sites (N-methyl/N-ethyl adjacent to an activating group) is 1. The van der Waals surface area contributed by atoms with Crippen LogP contribution in [0.15, 0.2) is 84.9 Å². The Morgan fingerprint density at radius 1 is 0.976 bits per heavy atom. The normalized spacial score (nSPS) is 17.0. The van der Waals surface area contributed by atoms with E-state index < -0.39 is 23.3 Å². The molecule has 3 aromatic carbocycles. The molecular formula is C33H35F3N2O4. The first-order valence-electron chi connectivity index (χ1n) is 13.8. The second kappa shape index (κ2) is 13.1. The lowest BCUT2D eigenvalue weighted by atomic mass is 9.95. The lowest BCUT2D eigenvalue weighted by Crippen LogP contribution is -2.45. The SMILES string of the molecule is CCOC(=O)[C@](C)(Cc1ccc(C=CC[C@H]2CN(Cc3ccc(C(F)(F)F)cc3)C(=O)N2C)cc1)Oc1ccccc1. The van der Waals surface area contributed by atoms with Gasteiger partial charge in [-0.25, -0.2) is 9.59 Å². The maximum Gasteiger partial charge on any atom is 0.416 e. The molecule has 42 heavy (non-hydrogen) atoms. The molecule has 0 aliphatic carbocycles. The molecule has 2 amide bonds. The number of halogens is 3. The minimum atomic E-state index is -4.39. The number of carbonyl (C=O) groups excluding carboxylic acids is 2. The monoisotopic (exact) mass is 580 g/mol. The highest BCUT2D eigenvalue weighted by Crippen LogP contribution is 2.30. The third kappa shape index (κ3) is 7.72. The third-order valence-corrected chi connectivity index (χ3v) is 7.24. The minimum Gasteiger partial charge on any atom is -0.476 e. The average Bonchev–Trinajstić information content (AvgIpc) is 3.22. The van der Waals surface area contributed by atoms with Gasteiger partial charge in [-0.15, -0.1) is 0 Å². The van der Waals surface area contributed by atoms with E-state index in [-0.39, 0.29) is 25.2 Å². The van der Waals surface area contributed by atoms with Gasteiger partial charge in [0.1, 0.15) is 5.75 Å². The summed E-state index contributed by atoms with van der Waals surface area (Å²) in [5.74, 6) is 0.154. The third-order valence-electron chi connectivity index (χ3n) is 7.24.